The first-order valence-corrected chi connectivity index (χ1v) is 6.08. The molecule has 0 saturated heterocycles. The lowest BCUT2D eigenvalue weighted by molar-refractivity contribution is 0.0759. The lowest BCUT2D eigenvalue weighted by atomic mass is 10.1. The maximum atomic E-state index is 6.13. The molecule has 1 aromatic rings. The highest BCUT2D eigenvalue weighted by Crippen LogP contribution is 2.17. The van der Waals surface area contributed by atoms with Crippen molar-refractivity contribution in [2.45, 2.75) is 33.4 Å². The maximum absolute atomic E-state index is 6.13. The molecule has 3 heteroatoms. The molecule has 1 atom stereocenters. The van der Waals surface area contributed by atoms with Crippen LogP contribution in [-0.4, -0.2) is 19.3 Å². The van der Waals surface area contributed by atoms with Crippen LogP contribution in [-0.2, 0) is 11.3 Å². The molecule has 0 bridgehead atoms. The molecule has 90 valence electrons. The van der Waals surface area contributed by atoms with Crippen LogP contribution in [0.1, 0.15) is 25.0 Å². The fourth-order valence-corrected chi connectivity index (χ4v) is 1.85. The molecule has 0 aliphatic carbocycles. The molecule has 0 aromatic heterocycles. The van der Waals surface area contributed by atoms with Crippen LogP contribution in [0.15, 0.2) is 18.2 Å². The highest BCUT2D eigenvalue weighted by molar-refractivity contribution is 6.31. The predicted octanol–water partition coefficient (Wildman–Crippen LogP) is 3.16. The van der Waals surface area contributed by atoms with Crippen LogP contribution in [0.2, 0.25) is 5.02 Å². The van der Waals surface area contributed by atoms with Gasteiger partial charge in [-0.05, 0) is 38.0 Å². The molecule has 1 rings (SSSR count). The summed E-state index contributed by atoms with van der Waals surface area (Å²) in [6.45, 7) is 8.50. The summed E-state index contributed by atoms with van der Waals surface area (Å²) >= 11 is 6.13. The van der Waals surface area contributed by atoms with E-state index in [1.165, 1.54) is 5.56 Å². The fourth-order valence-electron chi connectivity index (χ4n) is 1.55. The molecular formula is C13H20ClNO. The second-order valence-corrected chi connectivity index (χ2v) is 4.40. The Morgan fingerprint density at radius 2 is 2.19 bits per heavy atom. The van der Waals surface area contributed by atoms with Crippen LogP contribution >= 0.6 is 11.6 Å². The molecule has 0 aliphatic heterocycles. The monoisotopic (exact) mass is 241 g/mol. The van der Waals surface area contributed by atoms with E-state index in [0.717, 1.165) is 30.3 Å². The van der Waals surface area contributed by atoms with Crippen LogP contribution in [0.3, 0.4) is 0 Å². The van der Waals surface area contributed by atoms with Gasteiger partial charge in [0.25, 0.3) is 0 Å². The van der Waals surface area contributed by atoms with Gasteiger partial charge in [0.05, 0.1) is 6.10 Å². The van der Waals surface area contributed by atoms with Gasteiger partial charge in [0.1, 0.15) is 0 Å². The highest BCUT2D eigenvalue weighted by atomic mass is 35.5. The summed E-state index contributed by atoms with van der Waals surface area (Å²) in [6, 6.07) is 6.13. The number of hydrogen-bond acceptors (Lipinski definition) is 2. The quantitative estimate of drug-likeness (QED) is 0.826. The van der Waals surface area contributed by atoms with Gasteiger partial charge in [-0.2, -0.15) is 0 Å². The standard InChI is InChI=1S/C13H20ClNO/c1-4-16-11(3)8-15-9-12-6-5-10(2)7-13(12)14/h5-7,11,15H,4,8-9H2,1-3H3. The van der Waals surface area contributed by atoms with E-state index in [4.69, 9.17) is 16.3 Å². The Balaban J connectivity index is 2.37. The van der Waals surface area contributed by atoms with Crippen LogP contribution in [0.5, 0.6) is 0 Å². The maximum Gasteiger partial charge on any atom is 0.0671 e. The van der Waals surface area contributed by atoms with E-state index in [-0.39, 0.29) is 6.10 Å². The molecule has 16 heavy (non-hydrogen) atoms. The Hall–Kier alpha value is -0.570. The molecule has 1 unspecified atom stereocenters. The summed E-state index contributed by atoms with van der Waals surface area (Å²) in [5.74, 6) is 0. The van der Waals surface area contributed by atoms with Crippen molar-refractivity contribution in [3.63, 3.8) is 0 Å². The predicted molar refractivity (Wildman–Crippen MR) is 69.0 cm³/mol. The number of benzene rings is 1. The van der Waals surface area contributed by atoms with E-state index in [0.29, 0.717) is 0 Å². The minimum Gasteiger partial charge on any atom is -0.377 e. The van der Waals surface area contributed by atoms with Crippen molar-refractivity contribution >= 4 is 11.6 Å². The SMILES string of the molecule is CCOC(C)CNCc1ccc(C)cc1Cl. The molecule has 1 N–H and O–H groups in total. The number of ether oxygens (including phenoxy) is 1. The van der Waals surface area contributed by atoms with Crippen molar-refractivity contribution in [1.82, 2.24) is 5.32 Å². The number of hydrogen-bond donors (Lipinski definition) is 1. The van der Waals surface area contributed by atoms with Crippen LogP contribution in [0.25, 0.3) is 0 Å². The molecule has 0 spiro atoms. The number of rotatable bonds is 6. The largest absolute Gasteiger partial charge is 0.377 e. The topological polar surface area (TPSA) is 21.3 Å². The normalized spacial score (nSPS) is 12.8. The van der Waals surface area contributed by atoms with Crippen molar-refractivity contribution in [3.8, 4) is 0 Å². The number of nitrogens with one attached hydrogen (secondary N) is 1. The van der Waals surface area contributed by atoms with Crippen molar-refractivity contribution in [2.75, 3.05) is 13.2 Å². The van der Waals surface area contributed by atoms with E-state index < -0.39 is 0 Å². The van der Waals surface area contributed by atoms with Gasteiger partial charge >= 0.3 is 0 Å². The van der Waals surface area contributed by atoms with Gasteiger partial charge in [-0.1, -0.05) is 23.7 Å². The summed E-state index contributed by atoms with van der Waals surface area (Å²) in [6.07, 6.45) is 0.245. The van der Waals surface area contributed by atoms with Crippen molar-refractivity contribution < 1.29 is 4.74 Å². The van der Waals surface area contributed by atoms with Crippen molar-refractivity contribution in [2.24, 2.45) is 0 Å². The minimum absolute atomic E-state index is 0.245. The number of halogens is 1. The van der Waals surface area contributed by atoms with Crippen LogP contribution in [0.4, 0.5) is 0 Å². The highest BCUT2D eigenvalue weighted by Gasteiger charge is 2.02. The van der Waals surface area contributed by atoms with Crippen molar-refractivity contribution in [1.29, 1.82) is 0 Å². The zero-order valence-corrected chi connectivity index (χ0v) is 11.0. The third-order valence-electron chi connectivity index (χ3n) is 2.41. The minimum atomic E-state index is 0.245. The lowest BCUT2D eigenvalue weighted by Crippen LogP contribution is -2.26. The zero-order chi connectivity index (χ0) is 12.0. The molecule has 0 heterocycles. The molecule has 0 fully saturated rings. The van der Waals surface area contributed by atoms with Gasteiger partial charge in [0.2, 0.25) is 0 Å². The van der Waals surface area contributed by atoms with E-state index in [9.17, 15) is 0 Å². The molecule has 2 nitrogen and oxygen atoms in total. The van der Waals surface area contributed by atoms with Crippen LogP contribution in [0, 0.1) is 6.92 Å². The van der Waals surface area contributed by atoms with Gasteiger partial charge in [0, 0.05) is 24.7 Å². The van der Waals surface area contributed by atoms with E-state index in [2.05, 4.69) is 24.4 Å². The molecule has 0 amide bonds. The van der Waals surface area contributed by atoms with Gasteiger partial charge in [-0.15, -0.1) is 0 Å². The second-order valence-electron chi connectivity index (χ2n) is 3.99. The van der Waals surface area contributed by atoms with E-state index in [1.54, 1.807) is 0 Å². The third-order valence-corrected chi connectivity index (χ3v) is 2.76. The summed E-state index contributed by atoms with van der Waals surface area (Å²) in [5, 5.41) is 4.17. The number of aryl methyl sites for hydroxylation is 1. The fraction of sp³-hybridized carbons (Fsp3) is 0.538. The van der Waals surface area contributed by atoms with Crippen LogP contribution < -0.4 is 5.32 Å². The van der Waals surface area contributed by atoms with Gasteiger partial charge in [0.15, 0.2) is 0 Å². The van der Waals surface area contributed by atoms with Crippen molar-refractivity contribution in [3.05, 3.63) is 34.3 Å². The Labute approximate surface area is 103 Å². The first kappa shape index (κ1) is 13.5. The second kappa shape index (κ2) is 6.89. The Kier molecular flexibility index (Phi) is 5.81. The lowest BCUT2D eigenvalue weighted by Gasteiger charge is -2.13. The Morgan fingerprint density at radius 3 is 2.81 bits per heavy atom. The van der Waals surface area contributed by atoms with Gasteiger partial charge in [-0.3, -0.25) is 0 Å². The first-order valence-electron chi connectivity index (χ1n) is 5.70. The summed E-state index contributed by atoms with van der Waals surface area (Å²) in [7, 11) is 0. The Bertz CT molecular complexity index is 328. The molecule has 1 aromatic carbocycles. The summed E-state index contributed by atoms with van der Waals surface area (Å²) < 4.78 is 5.43. The third kappa shape index (κ3) is 4.52. The van der Waals surface area contributed by atoms with Gasteiger partial charge < -0.3 is 10.1 Å². The summed E-state index contributed by atoms with van der Waals surface area (Å²) in [5.41, 5.74) is 2.33. The average Bonchev–Trinajstić information content (AvgIpc) is 2.22. The first-order chi connectivity index (χ1) is 7.63. The summed E-state index contributed by atoms with van der Waals surface area (Å²) in [4.78, 5) is 0. The molecular weight excluding hydrogens is 222 g/mol. The van der Waals surface area contributed by atoms with E-state index in [1.807, 2.05) is 19.9 Å². The smallest absolute Gasteiger partial charge is 0.0671 e. The van der Waals surface area contributed by atoms with Gasteiger partial charge in [-0.25, -0.2) is 0 Å². The molecule has 0 saturated carbocycles. The zero-order valence-electron chi connectivity index (χ0n) is 10.2. The average molecular weight is 242 g/mol. The molecule has 0 aliphatic rings. The molecule has 0 radical (unpaired) electrons. The Morgan fingerprint density at radius 1 is 1.44 bits per heavy atom. The van der Waals surface area contributed by atoms with E-state index >= 15 is 0 Å².